The highest BCUT2D eigenvalue weighted by atomic mass is 15.0. The average Bonchev–Trinajstić information content (AvgIpc) is 3.69. The van der Waals surface area contributed by atoms with Crippen LogP contribution in [-0.2, 0) is 0 Å². The molecule has 8 aromatic rings. The number of nitrogens with zero attached hydrogens (tertiary/aromatic N) is 1. The molecule has 0 aliphatic heterocycles. The quantitative estimate of drug-likeness (QED) is 0.149. The molecule has 2 heterocycles. The molecule has 59 heavy (non-hydrogen) atoms. The van der Waals surface area contributed by atoms with Crippen LogP contribution in [0.4, 0.5) is 0 Å². The van der Waals surface area contributed by atoms with Gasteiger partial charge in [0.1, 0.15) is 0 Å². The van der Waals surface area contributed by atoms with Crippen molar-refractivity contribution in [2.75, 3.05) is 0 Å². The summed E-state index contributed by atoms with van der Waals surface area (Å²) in [5.41, 5.74) is 14.4. The van der Waals surface area contributed by atoms with E-state index < -0.39 is 0 Å². The summed E-state index contributed by atoms with van der Waals surface area (Å²) < 4.78 is 2.42. The predicted molar refractivity (Wildman–Crippen MR) is 263 cm³/mol. The van der Waals surface area contributed by atoms with Crippen LogP contribution in [0.25, 0.3) is 95.7 Å². The SMILES string of the molecule is C=C/C=C\C.C=C/C=C\CC.C=Cc1[nH]c2ccc(-c3ccc4cc(-c5cc6c(c7c5C=CCC=C7)c5ccccc5n6-c5ccccc5)ccc4c3)cc2c1/C=C\C. The Morgan fingerprint density at radius 1 is 0.644 bits per heavy atom. The molecule has 290 valence electrons. The largest absolute Gasteiger partial charge is 0.355 e. The van der Waals surface area contributed by atoms with Gasteiger partial charge in [0.15, 0.2) is 0 Å². The Morgan fingerprint density at radius 3 is 2.00 bits per heavy atom. The van der Waals surface area contributed by atoms with E-state index in [1.165, 1.54) is 82.6 Å². The molecule has 9 rings (SSSR count). The summed E-state index contributed by atoms with van der Waals surface area (Å²) in [6.07, 6.45) is 28.7. The topological polar surface area (TPSA) is 20.7 Å². The average molecular weight is 765 g/mol. The summed E-state index contributed by atoms with van der Waals surface area (Å²) in [5, 5.41) is 6.25. The number of hydrogen-bond donors (Lipinski definition) is 1. The number of H-pyrrole nitrogens is 1. The van der Waals surface area contributed by atoms with Crippen molar-refractivity contribution in [1.29, 1.82) is 0 Å². The number of aromatic nitrogens is 2. The molecule has 0 fully saturated rings. The molecule has 1 N–H and O–H groups in total. The third kappa shape index (κ3) is 8.30. The summed E-state index contributed by atoms with van der Waals surface area (Å²) in [6, 6.07) is 42.4. The highest BCUT2D eigenvalue weighted by Crippen LogP contribution is 2.42. The zero-order valence-corrected chi connectivity index (χ0v) is 34.5. The Bertz CT molecular complexity index is 2950. The maximum absolute atomic E-state index is 4.01. The fourth-order valence-corrected chi connectivity index (χ4v) is 7.95. The van der Waals surface area contributed by atoms with Crippen molar-refractivity contribution in [2.24, 2.45) is 0 Å². The number of fused-ring (bicyclic) bond motifs is 7. The molecule has 0 unspecified atom stereocenters. The molecule has 0 spiro atoms. The van der Waals surface area contributed by atoms with Gasteiger partial charge in [-0.05, 0) is 125 Å². The van der Waals surface area contributed by atoms with Gasteiger partial charge in [-0.25, -0.2) is 0 Å². The molecule has 0 radical (unpaired) electrons. The first-order valence-electron chi connectivity index (χ1n) is 20.5. The number of benzene rings is 6. The lowest BCUT2D eigenvalue weighted by atomic mass is 9.90. The van der Waals surface area contributed by atoms with E-state index in [1.54, 1.807) is 12.2 Å². The first-order valence-corrected chi connectivity index (χ1v) is 20.5. The second-order valence-electron chi connectivity index (χ2n) is 14.4. The van der Waals surface area contributed by atoms with E-state index in [2.05, 4.69) is 201 Å². The summed E-state index contributed by atoms with van der Waals surface area (Å²) in [6.45, 7) is 17.1. The highest BCUT2D eigenvalue weighted by Gasteiger charge is 2.20. The number of aromatic amines is 1. The molecule has 0 saturated carbocycles. The van der Waals surface area contributed by atoms with Gasteiger partial charge in [-0.3, -0.25) is 0 Å². The molecule has 0 amide bonds. The van der Waals surface area contributed by atoms with Crippen molar-refractivity contribution in [1.82, 2.24) is 9.55 Å². The fourth-order valence-electron chi connectivity index (χ4n) is 7.95. The number of para-hydroxylation sites is 2. The van der Waals surface area contributed by atoms with Crippen LogP contribution < -0.4 is 0 Å². The van der Waals surface area contributed by atoms with E-state index in [0.29, 0.717) is 0 Å². The van der Waals surface area contributed by atoms with Crippen LogP contribution in [0.3, 0.4) is 0 Å². The summed E-state index contributed by atoms with van der Waals surface area (Å²) in [5.74, 6) is 0. The lowest BCUT2D eigenvalue weighted by Gasteiger charge is -2.15. The standard InChI is InChI=1S/C46H34N2.C6H10.C5H8/c1-3-13-37-41-28-33(24-25-43(41)47-42(37)4-2)31-20-21-32-27-34(23-22-30(32)26-31)40-29-45-46(38-17-10-6-9-16-36(38)40)39-18-11-12-19-44(39)48(45)35-14-7-5-8-15-35;1-3-5-6-4-2;1-3-5-4-2/h3-5,7-29,47H,2,6H2,1H3;3,5-6H,1,4H2,2H3;3-5H,1H2,2H3/b13-3-;6-5-;5-4-. The third-order valence-corrected chi connectivity index (χ3v) is 10.6. The van der Waals surface area contributed by atoms with Crippen LogP contribution >= 0.6 is 0 Å². The van der Waals surface area contributed by atoms with E-state index in [0.717, 1.165) is 24.1 Å². The minimum absolute atomic E-state index is 0.924. The smallest absolute Gasteiger partial charge is 0.0553 e. The van der Waals surface area contributed by atoms with Gasteiger partial charge in [0.2, 0.25) is 0 Å². The van der Waals surface area contributed by atoms with Crippen LogP contribution in [-0.4, -0.2) is 9.55 Å². The van der Waals surface area contributed by atoms with Gasteiger partial charge in [0.05, 0.1) is 11.0 Å². The highest BCUT2D eigenvalue weighted by molar-refractivity contribution is 6.16. The van der Waals surface area contributed by atoms with Gasteiger partial charge < -0.3 is 9.55 Å². The predicted octanol–water partition coefficient (Wildman–Crippen LogP) is 16.7. The Morgan fingerprint density at radius 2 is 1.32 bits per heavy atom. The van der Waals surface area contributed by atoms with Crippen LogP contribution in [0.15, 0.2) is 190 Å². The van der Waals surface area contributed by atoms with Gasteiger partial charge >= 0.3 is 0 Å². The Hall–Kier alpha value is -7.16. The summed E-state index contributed by atoms with van der Waals surface area (Å²) in [4.78, 5) is 3.51. The maximum Gasteiger partial charge on any atom is 0.0553 e. The molecule has 1 aliphatic carbocycles. The van der Waals surface area contributed by atoms with E-state index in [9.17, 15) is 0 Å². The van der Waals surface area contributed by atoms with Crippen molar-refractivity contribution in [3.8, 4) is 27.9 Å². The van der Waals surface area contributed by atoms with Gasteiger partial charge in [0, 0.05) is 38.6 Å². The number of hydrogen-bond acceptors (Lipinski definition) is 0. The Kier molecular flexibility index (Phi) is 12.8. The second-order valence-corrected chi connectivity index (χ2v) is 14.4. The minimum atomic E-state index is 0.924. The van der Waals surface area contributed by atoms with Crippen molar-refractivity contribution in [2.45, 2.75) is 33.6 Å². The first-order chi connectivity index (χ1) is 29.0. The minimum Gasteiger partial charge on any atom is -0.355 e. The molecular formula is C57H52N2. The van der Waals surface area contributed by atoms with Gasteiger partial charge in [-0.2, -0.15) is 0 Å². The molecule has 2 aromatic heterocycles. The van der Waals surface area contributed by atoms with Crippen LogP contribution in [0.5, 0.6) is 0 Å². The van der Waals surface area contributed by atoms with E-state index >= 15 is 0 Å². The molecule has 0 atom stereocenters. The van der Waals surface area contributed by atoms with Crippen molar-refractivity contribution >= 4 is 67.8 Å². The van der Waals surface area contributed by atoms with E-state index in [1.807, 2.05) is 31.2 Å². The molecule has 6 aromatic carbocycles. The van der Waals surface area contributed by atoms with Crippen LogP contribution in [0.2, 0.25) is 0 Å². The maximum atomic E-state index is 4.01. The Labute approximate surface area is 349 Å². The molecule has 1 aliphatic rings. The summed E-state index contributed by atoms with van der Waals surface area (Å²) >= 11 is 0. The van der Waals surface area contributed by atoms with E-state index in [4.69, 9.17) is 0 Å². The van der Waals surface area contributed by atoms with Crippen LogP contribution in [0, 0.1) is 0 Å². The van der Waals surface area contributed by atoms with Gasteiger partial charge in [0.25, 0.3) is 0 Å². The van der Waals surface area contributed by atoms with Crippen molar-refractivity contribution in [3.05, 3.63) is 212 Å². The van der Waals surface area contributed by atoms with Crippen molar-refractivity contribution in [3.63, 3.8) is 0 Å². The lowest BCUT2D eigenvalue weighted by molar-refractivity contribution is 1.18. The Balaban J connectivity index is 0.000000427. The molecule has 0 saturated heterocycles. The first kappa shape index (κ1) is 40.1. The fraction of sp³-hybridized carbons (Fsp3) is 0.0877. The molecular weight excluding hydrogens is 713 g/mol. The van der Waals surface area contributed by atoms with Gasteiger partial charge in [-0.1, -0.05) is 166 Å². The third-order valence-electron chi connectivity index (χ3n) is 10.6. The van der Waals surface area contributed by atoms with E-state index in [-0.39, 0.29) is 0 Å². The normalized spacial score (nSPS) is 12.2. The zero-order valence-electron chi connectivity index (χ0n) is 34.5. The number of allylic oxidation sites excluding steroid dienone is 9. The lowest BCUT2D eigenvalue weighted by Crippen LogP contribution is -1.95. The molecule has 0 bridgehead atoms. The van der Waals surface area contributed by atoms with Crippen LogP contribution in [0.1, 0.15) is 56.0 Å². The molecule has 2 heteroatoms. The second kappa shape index (κ2) is 18.9. The number of nitrogens with one attached hydrogen (secondary N) is 1. The van der Waals surface area contributed by atoms with Crippen molar-refractivity contribution < 1.29 is 0 Å². The van der Waals surface area contributed by atoms with Gasteiger partial charge in [-0.15, -0.1) is 0 Å². The summed E-state index contributed by atoms with van der Waals surface area (Å²) in [7, 11) is 0. The monoisotopic (exact) mass is 764 g/mol. The zero-order chi connectivity index (χ0) is 41.1. The molecule has 2 nitrogen and oxygen atoms in total. The number of rotatable bonds is 8.